The molecule has 9 nitrogen and oxygen atoms in total. The fraction of sp³-hybridized carbons (Fsp3) is 0.524. The summed E-state index contributed by atoms with van der Waals surface area (Å²) in [6.45, 7) is 4.52. The Bertz CT molecular complexity index is 985. The molecule has 166 valence electrons. The van der Waals surface area contributed by atoms with E-state index in [-0.39, 0.29) is 24.1 Å². The van der Waals surface area contributed by atoms with Crippen LogP contribution in [0.5, 0.6) is 0 Å². The lowest BCUT2D eigenvalue weighted by Gasteiger charge is -2.32. The highest BCUT2D eigenvalue weighted by atomic mass is 32.1. The second-order valence-electron chi connectivity index (χ2n) is 8.02. The number of rotatable bonds is 6. The van der Waals surface area contributed by atoms with Gasteiger partial charge < -0.3 is 24.8 Å². The van der Waals surface area contributed by atoms with Gasteiger partial charge in [0, 0.05) is 58.4 Å². The molecule has 10 heteroatoms. The van der Waals surface area contributed by atoms with Crippen LogP contribution in [0.25, 0.3) is 10.2 Å². The monoisotopic (exact) mass is 445 g/mol. The molecule has 31 heavy (non-hydrogen) atoms. The lowest BCUT2D eigenvalue weighted by molar-refractivity contribution is -0.128. The number of methoxy groups -OCH3 is 1. The quantitative estimate of drug-likeness (QED) is 0.716. The smallest absolute Gasteiger partial charge is 0.253 e. The Morgan fingerprint density at radius 1 is 1.26 bits per heavy atom. The Morgan fingerprint density at radius 2 is 2.03 bits per heavy atom. The number of hydrogen-bond acceptors (Lipinski definition) is 7. The van der Waals surface area contributed by atoms with Gasteiger partial charge in [-0.3, -0.25) is 14.4 Å². The second-order valence-corrected chi connectivity index (χ2v) is 9.05. The number of nitrogens with zero attached hydrogens (tertiary/aromatic N) is 4. The molecule has 2 aromatic rings. The summed E-state index contributed by atoms with van der Waals surface area (Å²) >= 11 is 1.34. The molecule has 1 atom stereocenters. The average molecular weight is 446 g/mol. The number of ether oxygens (including phenoxy) is 1. The second kappa shape index (κ2) is 9.29. The number of thiazole rings is 1. The van der Waals surface area contributed by atoms with E-state index in [1.807, 2.05) is 17.0 Å². The zero-order valence-electron chi connectivity index (χ0n) is 17.8. The minimum Gasteiger partial charge on any atom is -0.383 e. The number of anilines is 1. The van der Waals surface area contributed by atoms with Crippen molar-refractivity contribution in [2.75, 3.05) is 65.3 Å². The van der Waals surface area contributed by atoms with E-state index in [0.717, 1.165) is 36.4 Å². The largest absolute Gasteiger partial charge is 0.383 e. The topological polar surface area (TPSA) is 95.1 Å². The molecule has 0 bridgehead atoms. The predicted octanol–water partition coefficient (Wildman–Crippen LogP) is 1.12. The van der Waals surface area contributed by atoms with Crippen molar-refractivity contribution in [3.8, 4) is 0 Å². The van der Waals surface area contributed by atoms with Crippen LogP contribution in [0.3, 0.4) is 0 Å². The lowest BCUT2D eigenvalue weighted by Crippen LogP contribution is -2.47. The van der Waals surface area contributed by atoms with Crippen molar-refractivity contribution in [1.29, 1.82) is 0 Å². The van der Waals surface area contributed by atoms with Crippen LogP contribution in [0.15, 0.2) is 18.2 Å². The maximum absolute atomic E-state index is 12.8. The van der Waals surface area contributed by atoms with E-state index in [0.29, 0.717) is 30.4 Å². The number of fused-ring (bicyclic) bond motifs is 1. The molecule has 0 aliphatic carbocycles. The van der Waals surface area contributed by atoms with Gasteiger partial charge in [-0.2, -0.15) is 0 Å². The molecule has 1 N–H and O–H groups in total. The molecule has 2 aliphatic heterocycles. The molecule has 3 heterocycles. The molecular formula is C21H27N5O4S. The van der Waals surface area contributed by atoms with Crippen LogP contribution < -0.4 is 5.32 Å². The lowest BCUT2D eigenvalue weighted by atomic mass is 10.1. The summed E-state index contributed by atoms with van der Waals surface area (Å²) in [5.74, 6) is -0.616. The molecule has 4 rings (SSSR count). The highest BCUT2D eigenvalue weighted by molar-refractivity contribution is 7.22. The van der Waals surface area contributed by atoms with Crippen LogP contribution in [-0.2, 0) is 14.3 Å². The van der Waals surface area contributed by atoms with Crippen LogP contribution >= 0.6 is 11.3 Å². The first-order valence-corrected chi connectivity index (χ1v) is 11.2. The number of benzene rings is 1. The van der Waals surface area contributed by atoms with E-state index in [9.17, 15) is 14.4 Å². The molecule has 0 spiro atoms. The van der Waals surface area contributed by atoms with Gasteiger partial charge in [0.25, 0.3) is 5.91 Å². The highest BCUT2D eigenvalue weighted by Gasteiger charge is 2.34. The summed E-state index contributed by atoms with van der Waals surface area (Å²) < 4.78 is 5.86. The third-order valence-corrected chi connectivity index (χ3v) is 6.74. The van der Waals surface area contributed by atoms with Gasteiger partial charge in [-0.15, -0.1) is 0 Å². The Labute approximate surface area is 184 Å². The summed E-state index contributed by atoms with van der Waals surface area (Å²) in [6, 6.07) is 5.45. The van der Waals surface area contributed by atoms with Crippen LogP contribution in [-0.4, -0.2) is 97.4 Å². The number of piperazine rings is 1. The first kappa shape index (κ1) is 21.7. The summed E-state index contributed by atoms with van der Waals surface area (Å²) in [7, 11) is 3.64. The summed E-state index contributed by atoms with van der Waals surface area (Å²) in [5, 5.41) is 3.32. The molecule has 1 aromatic heterocycles. The molecule has 0 saturated carbocycles. The Kier molecular flexibility index (Phi) is 6.49. The van der Waals surface area contributed by atoms with Gasteiger partial charge in [0.1, 0.15) is 0 Å². The Morgan fingerprint density at radius 3 is 2.77 bits per heavy atom. The number of carbonyl (C=O) groups excluding carboxylic acids is 3. The molecule has 0 radical (unpaired) electrons. The molecule has 1 unspecified atom stereocenters. The van der Waals surface area contributed by atoms with Crippen LogP contribution in [0.2, 0.25) is 0 Å². The van der Waals surface area contributed by atoms with E-state index in [1.54, 1.807) is 18.1 Å². The van der Waals surface area contributed by atoms with Crippen LogP contribution in [0, 0.1) is 5.92 Å². The zero-order chi connectivity index (χ0) is 22.0. The van der Waals surface area contributed by atoms with E-state index in [2.05, 4.69) is 22.2 Å². The van der Waals surface area contributed by atoms with Crippen molar-refractivity contribution in [2.45, 2.75) is 6.42 Å². The number of likely N-dealkylation sites (tertiary alicyclic amines) is 1. The van der Waals surface area contributed by atoms with Crippen molar-refractivity contribution in [3.63, 3.8) is 0 Å². The fourth-order valence-electron chi connectivity index (χ4n) is 3.88. The summed E-state index contributed by atoms with van der Waals surface area (Å²) in [6.07, 6.45) is 0.199. The van der Waals surface area contributed by atoms with E-state index in [1.165, 1.54) is 11.3 Å². The number of likely N-dealkylation sites (N-methyl/N-ethyl adjacent to an activating group) is 1. The molecule has 2 saturated heterocycles. The van der Waals surface area contributed by atoms with Crippen molar-refractivity contribution in [2.24, 2.45) is 5.92 Å². The number of hydrogen-bond donors (Lipinski definition) is 1. The average Bonchev–Trinajstić information content (AvgIpc) is 3.34. The molecule has 2 aliphatic rings. The van der Waals surface area contributed by atoms with Crippen molar-refractivity contribution < 1.29 is 19.1 Å². The molecule has 2 fully saturated rings. The van der Waals surface area contributed by atoms with Crippen molar-refractivity contribution >= 4 is 44.4 Å². The van der Waals surface area contributed by atoms with Crippen LogP contribution in [0.4, 0.5) is 5.13 Å². The zero-order valence-corrected chi connectivity index (χ0v) is 18.6. The van der Waals surface area contributed by atoms with Gasteiger partial charge in [-0.05, 0) is 25.2 Å². The maximum atomic E-state index is 12.8. The Balaban J connectivity index is 1.41. The number of nitrogens with one attached hydrogen (secondary N) is 1. The SMILES string of the molecule is COCCN1CC(C(=O)Nc2nc3ccc(C(=O)N4CCN(C)CC4)cc3s2)CC1=O. The number of carbonyl (C=O) groups is 3. The third-order valence-electron chi connectivity index (χ3n) is 5.81. The van der Waals surface area contributed by atoms with E-state index >= 15 is 0 Å². The predicted molar refractivity (Wildman–Crippen MR) is 118 cm³/mol. The fourth-order valence-corrected chi connectivity index (χ4v) is 4.78. The first-order valence-electron chi connectivity index (χ1n) is 10.4. The van der Waals surface area contributed by atoms with Crippen LogP contribution in [0.1, 0.15) is 16.8 Å². The standard InChI is InChI=1S/C21H27N5O4S/c1-24-5-7-25(8-6-24)20(29)14-3-4-16-17(11-14)31-21(22-16)23-19(28)15-12-18(27)26(13-15)9-10-30-2/h3-4,11,15H,5-10,12-13H2,1-2H3,(H,22,23,28). The number of amides is 3. The maximum Gasteiger partial charge on any atom is 0.253 e. The summed E-state index contributed by atoms with van der Waals surface area (Å²) in [4.78, 5) is 47.8. The van der Waals surface area contributed by atoms with Gasteiger partial charge in [-0.1, -0.05) is 11.3 Å². The highest BCUT2D eigenvalue weighted by Crippen LogP contribution is 2.28. The molecular weight excluding hydrogens is 418 g/mol. The van der Waals surface area contributed by atoms with E-state index in [4.69, 9.17) is 4.74 Å². The van der Waals surface area contributed by atoms with Gasteiger partial charge in [0.15, 0.2) is 5.13 Å². The first-order chi connectivity index (χ1) is 14.9. The minimum absolute atomic E-state index is 0.0228. The summed E-state index contributed by atoms with van der Waals surface area (Å²) in [5.41, 5.74) is 1.37. The number of aromatic nitrogens is 1. The Hall–Kier alpha value is -2.56. The van der Waals surface area contributed by atoms with Gasteiger partial charge in [-0.25, -0.2) is 4.98 Å². The molecule has 1 aromatic carbocycles. The molecule has 3 amide bonds. The normalized spacial score (nSPS) is 19.9. The van der Waals surface area contributed by atoms with Crippen molar-refractivity contribution in [3.05, 3.63) is 23.8 Å². The van der Waals surface area contributed by atoms with Gasteiger partial charge >= 0.3 is 0 Å². The minimum atomic E-state index is -0.397. The van der Waals surface area contributed by atoms with E-state index < -0.39 is 5.92 Å². The third kappa shape index (κ3) is 4.86. The van der Waals surface area contributed by atoms with Crippen molar-refractivity contribution in [1.82, 2.24) is 19.7 Å². The van der Waals surface area contributed by atoms with Gasteiger partial charge in [0.2, 0.25) is 11.8 Å². The van der Waals surface area contributed by atoms with Gasteiger partial charge in [0.05, 0.1) is 22.7 Å².